The van der Waals surface area contributed by atoms with Gasteiger partial charge in [-0.2, -0.15) is 0 Å². The molecule has 4 rings (SSSR count). The molecule has 0 saturated carbocycles. The van der Waals surface area contributed by atoms with Gasteiger partial charge in [-0.05, 0) is 86.8 Å². The van der Waals surface area contributed by atoms with Gasteiger partial charge in [0, 0.05) is 24.0 Å². The molecule has 0 fully saturated rings. The minimum absolute atomic E-state index is 0.0127. The fourth-order valence-corrected chi connectivity index (χ4v) is 6.68. The third-order valence-electron chi connectivity index (χ3n) is 7.28. The summed E-state index contributed by atoms with van der Waals surface area (Å²) in [6.07, 6.45) is 0.178. The molecule has 236 valence electrons. The lowest BCUT2D eigenvalue weighted by atomic mass is 10.0. The van der Waals surface area contributed by atoms with Gasteiger partial charge >= 0.3 is 0 Å². The zero-order valence-electron chi connectivity index (χ0n) is 25.7. The van der Waals surface area contributed by atoms with Crippen molar-refractivity contribution in [1.29, 1.82) is 0 Å². The fraction of sp³-hybridized carbons (Fsp3) is 0.257. The van der Waals surface area contributed by atoms with Crippen molar-refractivity contribution in [3.05, 3.63) is 130 Å². The van der Waals surface area contributed by atoms with E-state index in [1.807, 2.05) is 51.1 Å². The summed E-state index contributed by atoms with van der Waals surface area (Å²) in [6.45, 7) is 6.56. The van der Waals surface area contributed by atoms with Crippen LogP contribution in [0.5, 0.6) is 0 Å². The second kappa shape index (κ2) is 14.7. The lowest BCUT2D eigenvalue weighted by molar-refractivity contribution is -0.140. The Labute approximate surface area is 269 Å². The summed E-state index contributed by atoms with van der Waals surface area (Å²) in [6, 6.07) is 24.8. The van der Waals surface area contributed by atoms with Gasteiger partial charge in [-0.25, -0.2) is 12.8 Å². The van der Waals surface area contributed by atoms with E-state index in [2.05, 4.69) is 5.32 Å². The minimum Gasteiger partial charge on any atom is -0.352 e. The van der Waals surface area contributed by atoms with Crippen molar-refractivity contribution in [2.24, 2.45) is 0 Å². The monoisotopic (exact) mass is 649 g/mol. The van der Waals surface area contributed by atoms with Crippen molar-refractivity contribution in [2.75, 3.05) is 10.8 Å². The quantitative estimate of drug-likeness (QED) is 0.191. The highest BCUT2D eigenvalue weighted by molar-refractivity contribution is 7.92. The van der Waals surface area contributed by atoms with E-state index in [0.717, 1.165) is 15.4 Å². The van der Waals surface area contributed by atoms with Gasteiger partial charge < -0.3 is 10.2 Å². The van der Waals surface area contributed by atoms with E-state index in [1.54, 1.807) is 49.4 Å². The number of hydrogen-bond donors (Lipinski definition) is 1. The number of sulfonamides is 1. The van der Waals surface area contributed by atoms with E-state index in [4.69, 9.17) is 11.6 Å². The molecule has 7 nitrogen and oxygen atoms in total. The highest BCUT2D eigenvalue weighted by atomic mass is 35.5. The van der Waals surface area contributed by atoms with Crippen LogP contribution in [0.15, 0.2) is 102 Å². The number of nitrogens with zero attached hydrogens (tertiary/aromatic N) is 2. The molecular formula is C35H37ClFN3O4S. The third kappa shape index (κ3) is 8.71. The number of hydrogen-bond acceptors (Lipinski definition) is 4. The summed E-state index contributed by atoms with van der Waals surface area (Å²) in [4.78, 5) is 29.6. The first kappa shape index (κ1) is 33.7. The van der Waals surface area contributed by atoms with Crippen LogP contribution in [0.1, 0.15) is 36.1 Å². The van der Waals surface area contributed by atoms with Crippen LogP contribution in [-0.2, 0) is 32.6 Å². The average molecular weight is 650 g/mol. The molecule has 0 aliphatic rings. The number of anilines is 1. The van der Waals surface area contributed by atoms with Crippen LogP contribution in [0.4, 0.5) is 10.1 Å². The van der Waals surface area contributed by atoms with Gasteiger partial charge in [0.1, 0.15) is 18.4 Å². The smallest absolute Gasteiger partial charge is 0.264 e. The maximum absolute atomic E-state index is 14.5. The molecule has 10 heteroatoms. The maximum Gasteiger partial charge on any atom is 0.264 e. The molecule has 0 radical (unpaired) electrons. The topological polar surface area (TPSA) is 86.8 Å². The summed E-state index contributed by atoms with van der Waals surface area (Å²) in [5, 5.41) is 3.33. The predicted octanol–water partition coefficient (Wildman–Crippen LogP) is 6.46. The molecule has 0 heterocycles. The maximum atomic E-state index is 14.5. The summed E-state index contributed by atoms with van der Waals surface area (Å²) >= 11 is 6.21. The SMILES string of the molecule is Cc1ccc(S(=O)(=O)N(CC(=O)N(Cc2ccc(F)cc2)C(Cc2ccccc2)C(=O)NC(C)C)c2ccc(Cl)cc2C)cc1. The number of aryl methyl sites for hydroxylation is 2. The molecule has 1 atom stereocenters. The molecular weight excluding hydrogens is 613 g/mol. The van der Waals surface area contributed by atoms with E-state index >= 15 is 0 Å². The van der Waals surface area contributed by atoms with E-state index in [-0.39, 0.29) is 35.5 Å². The molecule has 4 aromatic carbocycles. The van der Waals surface area contributed by atoms with Crippen molar-refractivity contribution in [3.8, 4) is 0 Å². The number of halogens is 2. The molecule has 0 bridgehead atoms. The van der Waals surface area contributed by atoms with Crippen molar-refractivity contribution >= 4 is 39.1 Å². The van der Waals surface area contributed by atoms with Gasteiger partial charge in [-0.3, -0.25) is 13.9 Å². The van der Waals surface area contributed by atoms with Crippen LogP contribution >= 0.6 is 11.6 Å². The first-order chi connectivity index (χ1) is 21.3. The van der Waals surface area contributed by atoms with Crippen LogP contribution < -0.4 is 9.62 Å². The Morgan fingerprint density at radius 2 is 1.51 bits per heavy atom. The Hall–Kier alpha value is -4.21. The number of amides is 2. The minimum atomic E-state index is -4.24. The van der Waals surface area contributed by atoms with Gasteiger partial charge in [-0.15, -0.1) is 0 Å². The number of rotatable bonds is 12. The molecule has 4 aromatic rings. The Bertz CT molecular complexity index is 1730. The molecule has 1 N–H and O–H groups in total. The first-order valence-electron chi connectivity index (χ1n) is 14.6. The van der Waals surface area contributed by atoms with Gasteiger partial charge in [0.25, 0.3) is 10.0 Å². The molecule has 0 aliphatic carbocycles. The number of carbonyl (C=O) groups is 2. The van der Waals surface area contributed by atoms with E-state index in [9.17, 15) is 22.4 Å². The van der Waals surface area contributed by atoms with Crippen molar-refractivity contribution in [2.45, 2.75) is 57.6 Å². The van der Waals surface area contributed by atoms with E-state index in [1.165, 1.54) is 29.2 Å². The zero-order chi connectivity index (χ0) is 32.7. The largest absolute Gasteiger partial charge is 0.352 e. The van der Waals surface area contributed by atoms with Crippen LogP contribution in [0.2, 0.25) is 5.02 Å². The first-order valence-corrected chi connectivity index (χ1v) is 16.4. The van der Waals surface area contributed by atoms with Crippen LogP contribution in [0.3, 0.4) is 0 Å². The zero-order valence-corrected chi connectivity index (χ0v) is 27.3. The predicted molar refractivity (Wildman–Crippen MR) is 176 cm³/mol. The molecule has 0 saturated heterocycles. The standard InChI is InChI=1S/C35H37ClFN3O4S/c1-24(2)38-35(42)33(21-27-8-6-5-7-9-27)39(22-28-12-15-30(37)16-13-28)34(41)23-40(32-19-14-29(36)20-26(32)4)45(43,44)31-17-10-25(3)11-18-31/h5-20,24,33H,21-23H2,1-4H3,(H,38,42). The van der Waals surface area contributed by atoms with Gasteiger partial charge in [0.15, 0.2) is 0 Å². The van der Waals surface area contributed by atoms with Crippen molar-refractivity contribution < 1.29 is 22.4 Å². The molecule has 0 aromatic heterocycles. The Morgan fingerprint density at radius 3 is 2.11 bits per heavy atom. The van der Waals surface area contributed by atoms with Crippen LogP contribution in [0.25, 0.3) is 0 Å². The molecule has 0 spiro atoms. The average Bonchev–Trinajstić information content (AvgIpc) is 2.99. The number of benzene rings is 4. The highest BCUT2D eigenvalue weighted by Crippen LogP contribution is 2.30. The summed E-state index contributed by atoms with van der Waals surface area (Å²) in [7, 11) is -4.24. The molecule has 45 heavy (non-hydrogen) atoms. The second-order valence-corrected chi connectivity index (χ2v) is 13.6. The second-order valence-electron chi connectivity index (χ2n) is 11.3. The van der Waals surface area contributed by atoms with Crippen molar-refractivity contribution in [3.63, 3.8) is 0 Å². The van der Waals surface area contributed by atoms with Gasteiger partial charge in [-0.1, -0.05) is 71.8 Å². The number of carbonyl (C=O) groups excluding carboxylic acids is 2. The fourth-order valence-electron chi connectivity index (χ4n) is 4.97. The summed E-state index contributed by atoms with van der Waals surface area (Å²) in [5.74, 6) is -1.44. The number of nitrogens with one attached hydrogen (secondary N) is 1. The molecule has 1 unspecified atom stereocenters. The van der Waals surface area contributed by atoms with E-state index < -0.39 is 34.3 Å². The lowest BCUT2D eigenvalue weighted by Gasteiger charge is -2.34. The molecule has 2 amide bonds. The van der Waals surface area contributed by atoms with Gasteiger partial charge in [0.2, 0.25) is 11.8 Å². The van der Waals surface area contributed by atoms with Crippen molar-refractivity contribution in [1.82, 2.24) is 10.2 Å². The van der Waals surface area contributed by atoms with Crippen LogP contribution in [-0.4, -0.2) is 43.8 Å². The summed E-state index contributed by atoms with van der Waals surface area (Å²) in [5.41, 5.74) is 3.10. The highest BCUT2D eigenvalue weighted by Gasteiger charge is 2.35. The van der Waals surface area contributed by atoms with Gasteiger partial charge in [0.05, 0.1) is 10.6 Å². The third-order valence-corrected chi connectivity index (χ3v) is 9.29. The Balaban J connectivity index is 1.82. The molecule has 0 aliphatic heterocycles. The summed E-state index contributed by atoms with van der Waals surface area (Å²) < 4.78 is 43.2. The Morgan fingerprint density at radius 1 is 0.867 bits per heavy atom. The normalized spacial score (nSPS) is 12.1. The lowest BCUT2D eigenvalue weighted by Crippen LogP contribution is -2.54. The van der Waals surface area contributed by atoms with E-state index in [0.29, 0.717) is 16.1 Å². The van der Waals surface area contributed by atoms with Crippen LogP contribution in [0, 0.1) is 19.7 Å². The Kier molecular flexibility index (Phi) is 11.0.